The second-order valence-corrected chi connectivity index (χ2v) is 13.4. The number of aliphatic hydroxyl groups is 1. The largest absolute Gasteiger partial charge is 0.462 e. The van der Waals surface area contributed by atoms with Crippen LogP contribution in [0, 0.1) is 23.7 Å². The Balaban J connectivity index is 1.18. The third-order valence-electron chi connectivity index (χ3n) is 10.2. The highest BCUT2D eigenvalue weighted by Crippen LogP contribution is 2.42. The molecule has 2 aromatic carbocycles. The normalized spacial score (nSPS) is 21.6. The van der Waals surface area contributed by atoms with Crippen LogP contribution in [0.3, 0.4) is 0 Å². The molecule has 3 nitrogen and oxygen atoms in total. The molecule has 3 heteroatoms. The average Bonchev–Trinajstić information content (AvgIpc) is 3.01. The van der Waals surface area contributed by atoms with E-state index in [0.717, 1.165) is 37.0 Å². The van der Waals surface area contributed by atoms with Crippen LogP contribution in [0.15, 0.2) is 54.6 Å². The highest BCUT2D eigenvalue weighted by atomic mass is 16.5. The van der Waals surface area contributed by atoms with Gasteiger partial charge in [-0.3, -0.25) is 0 Å². The van der Waals surface area contributed by atoms with Crippen LogP contribution in [-0.2, 0) is 16.0 Å². The first kappa shape index (κ1) is 32.5. The molecule has 0 heterocycles. The van der Waals surface area contributed by atoms with Gasteiger partial charge in [-0.05, 0) is 122 Å². The first-order valence-electron chi connectivity index (χ1n) is 17.1. The summed E-state index contributed by atoms with van der Waals surface area (Å²) in [6.45, 7) is 8.24. The highest BCUT2D eigenvalue weighted by molar-refractivity contribution is 5.87. The van der Waals surface area contributed by atoms with E-state index >= 15 is 0 Å². The Morgan fingerprint density at radius 3 is 2.45 bits per heavy atom. The second-order valence-electron chi connectivity index (χ2n) is 13.4. The summed E-state index contributed by atoms with van der Waals surface area (Å²) in [6, 6.07) is 14.2. The number of hydrogen-bond acceptors (Lipinski definition) is 3. The molecule has 4 rings (SSSR count). The van der Waals surface area contributed by atoms with Gasteiger partial charge in [-0.1, -0.05) is 94.9 Å². The zero-order valence-electron chi connectivity index (χ0n) is 26.5. The second kappa shape index (κ2) is 17.0. The number of allylic oxidation sites excluding steroid dienone is 2. The van der Waals surface area contributed by atoms with Crippen molar-refractivity contribution < 1.29 is 14.6 Å². The van der Waals surface area contributed by atoms with E-state index in [0.29, 0.717) is 18.1 Å². The van der Waals surface area contributed by atoms with Crippen molar-refractivity contribution in [1.29, 1.82) is 0 Å². The molecule has 0 radical (unpaired) electrons. The number of benzene rings is 2. The number of carbonyl (C=O) groups excluding carboxylic acids is 1. The molecular weight excluding hydrogens is 516 g/mol. The SMILES string of the molecule is C=C(C)C(=O)OCCC(CCO)CCCC1CCC(C2CC=C(c3ccc4cc(CCCCC)ccc4c3)CC2)CC1. The smallest absolute Gasteiger partial charge is 0.333 e. The molecule has 0 amide bonds. The van der Waals surface area contributed by atoms with Crippen molar-refractivity contribution in [3.8, 4) is 0 Å². The Morgan fingerprint density at radius 2 is 1.74 bits per heavy atom. The summed E-state index contributed by atoms with van der Waals surface area (Å²) < 4.78 is 5.29. The van der Waals surface area contributed by atoms with E-state index in [9.17, 15) is 9.90 Å². The minimum Gasteiger partial charge on any atom is -0.462 e. The van der Waals surface area contributed by atoms with Crippen molar-refractivity contribution in [2.75, 3.05) is 13.2 Å². The fraction of sp³-hybridized carbons (Fsp3) is 0.615. The van der Waals surface area contributed by atoms with Crippen LogP contribution in [-0.4, -0.2) is 24.3 Å². The molecule has 0 spiro atoms. The number of hydrogen-bond donors (Lipinski definition) is 1. The van der Waals surface area contributed by atoms with E-state index in [2.05, 4.69) is 56.0 Å². The molecule has 0 saturated heterocycles. The lowest BCUT2D eigenvalue weighted by atomic mass is 9.70. The molecule has 0 bridgehead atoms. The maximum absolute atomic E-state index is 11.6. The predicted molar refractivity (Wildman–Crippen MR) is 177 cm³/mol. The molecule has 42 heavy (non-hydrogen) atoms. The van der Waals surface area contributed by atoms with Crippen LogP contribution < -0.4 is 0 Å². The summed E-state index contributed by atoms with van der Waals surface area (Å²) in [7, 11) is 0. The van der Waals surface area contributed by atoms with Gasteiger partial charge in [0, 0.05) is 12.2 Å². The van der Waals surface area contributed by atoms with Crippen LogP contribution >= 0.6 is 0 Å². The predicted octanol–water partition coefficient (Wildman–Crippen LogP) is 10.2. The lowest BCUT2D eigenvalue weighted by molar-refractivity contribution is -0.139. The zero-order chi connectivity index (χ0) is 29.7. The molecule has 0 aliphatic heterocycles. The number of carbonyl (C=O) groups is 1. The van der Waals surface area contributed by atoms with Crippen molar-refractivity contribution in [3.05, 3.63) is 65.8 Å². The molecule has 2 unspecified atom stereocenters. The van der Waals surface area contributed by atoms with Crippen LogP contribution in [0.25, 0.3) is 16.3 Å². The van der Waals surface area contributed by atoms with Gasteiger partial charge in [0.1, 0.15) is 0 Å². The summed E-state index contributed by atoms with van der Waals surface area (Å²) in [5.74, 6) is 2.74. The zero-order valence-corrected chi connectivity index (χ0v) is 26.5. The number of unbranched alkanes of at least 4 members (excludes halogenated alkanes) is 2. The standard InChI is InChI=1S/C39H56O3/c1-4-5-6-8-32-13-16-38-28-37(22-21-36(38)27-32)35-19-17-34(18-20-35)33-14-11-30(12-15-33)9-7-10-31(23-25-40)24-26-42-39(41)29(2)3/h13,16,19,21-22,27-28,30-31,33-34,40H,2,4-12,14-15,17-18,20,23-26H2,1,3H3. The van der Waals surface area contributed by atoms with E-state index in [1.165, 1.54) is 105 Å². The lowest BCUT2D eigenvalue weighted by Crippen LogP contribution is -2.23. The van der Waals surface area contributed by atoms with Gasteiger partial charge in [0.25, 0.3) is 0 Å². The third-order valence-corrected chi connectivity index (χ3v) is 10.2. The Labute approximate surface area is 255 Å². The molecule has 2 aromatic rings. The summed E-state index contributed by atoms with van der Waals surface area (Å²) in [4.78, 5) is 11.6. The monoisotopic (exact) mass is 572 g/mol. The Hall–Kier alpha value is -2.39. The van der Waals surface area contributed by atoms with Crippen LogP contribution in [0.4, 0.5) is 0 Å². The number of ether oxygens (including phenoxy) is 1. The van der Waals surface area contributed by atoms with Gasteiger partial charge >= 0.3 is 5.97 Å². The van der Waals surface area contributed by atoms with Gasteiger partial charge in [-0.2, -0.15) is 0 Å². The van der Waals surface area contributed by atoms with E-state index in [1.54, 1.807) is 12.5 Å². The highest BCUT2D eigenvalue weighted by Gasteiger charge is 2.29. The fourth-order valence-electron chi connectivity index (χ4n) is 7.47. The quantitative estimate of drug-likeness (QED) is 0.124. The minimum absolute atomic E-state index is 0.211. The number of esters is 1. The number of fused-ring (bicyclic) bond motifs is 1. The van der Waals surface area contributed by atoms with Gasteiger partial charge in [0.2, 0.25) is 0 Å². The average molecular weight is 573 g/mol. The molecule has 2 aliphatic rings. The van der Waals surface area contributed by atoms with Crippen molar-refractivity contribution >= 4 is 22.3 Å². The molecular formula is C39H56O3. The van der Waals surface area contributed by atoms with Gasteiger partial charge in [-0.15, -0.1) is 0 Å². The maximum Gasteiger partial charge on any atom is 0.333 e. The summed E-state index contributed by atoms with van der Waals surface area (Å²) in [6.07, 6.45) is 22.3. The van der Waals surface area contributed by atoms with Gasteiger partial charge in [0.05, 0.1) is 6.61 Å². The van der Waals surface area contributed by atoms with Gasteiger partial charge in [0.15, 0.2) is 0 Å². The van der Waals surface area contributed by atoms with E-state index < -0.39 is 0 Å². The Kier molecular flexibility index (Phi) is 13.2. The maximum atomic E-state index is 11.6. The summed E-state index contributed by atoms with van der Waals surface area (Å²) in [5.41, 5.74) is 4.91. The molecule has 230 valence electrons. The first-order valence-corrected chi connectivity index (χ1v) is 17.1. The van der Waals surface area contributed by atoms with Crippen LogP contribution in [0.5, 0.6) is 0 Å². The molecule has 2 atom stereocenters. The number of aryl methyl sites for hydroxylation is 1. The Morgan fingerprint density at radius 1 is 0.952 bits per heavy atom. The fourth-order valence-corrected chi connectivity index (χ4v) is 7.47. The van der Waals surface area contributed by atoms with Crippen LogP contribution in [0.2, 0.25) is 0 Å². The topological polar surface area (TPSA) is 46.5 Å². The van der Waals surface area contributed by atoms with Crippen molar-refractivity contribution in [2.24, 2.45) is 23.7 Å². The van der Waals surface area contributed by atoms with E-state index in [-0.39, 0.29) is 12.6 Å². The van der Waals surface area contributed by atoms with E-state index in [1.807, 2.05) is 0 Å². The lowest BCUT2D eigenvalue weighted by Gasteiger charge is -2.35. The third kappa shape index (κ3) is 9.83. The van der Waals surface area contributed by atoms with Gasteiger partial charge < -0.3 is 9.84 Å². The number of aliphatic hydroxyl groups excluding tert-OH is 1. The molecule has 1 fully saturated rings. The van der Waals surface area contributed by atoms with Gasteiger partial charge in [-0.25, -0.2) is 4.79 Å². The van der Waals surface area contributed by atoms with Crippen LogP contribution in [0.1, 0.15) is 121 Å². The first-order chi connectivity index (χ1) is 20.5. The molecule has 1 N–H and O–H groups in total. The van der Waals surface area contributed by atoms with E-state index in [4.69, 9.17) is 4.74 Å². The Bertz CT molecular complexity index is 1170. The van der Waals surface area contributed by atoms with Crippen molar-refractivity contribution in [1.82, 2.24) is 0 Å². The molecule has 2 aliphatic carbocycles. The molecule has 1 saturated carbocycles. The summed E-state index contributed by atoms with van der Waals surface area (Å²) in [5, 5.41) is 12.2. The van der Waals surface area contributed by atoms with Crippen molar-refractivity contribution in [2.45, 2.75) is 117 Å². The van der Waals surface area contributed by atoms with Crippen molar-refractivity contribution in [3.63, 3.8) is 0 Å². The summed E-state index contributed by atoms with van der Waals surface area (Å²) >= 11 is 0. The number of rotatable bonds is 16. The minimum atomic E-state index is -0.306. The molecule has 0 aromatic heterocycles.